The predicted molar refractivity (Wildman–Crippen MR) is 152 cm³/mol. The summed E-state index contributed by atoms with van der Waals surface area (Å²) in [6, 6.07) is 4.14. The lowest BCUT2D eigenvalue weighted by atomic mass is 9.89. The summed E-state index contributed by atoms with van der Waals surface area (Å²) < 4.78 is 23.8. The van der Waals surface area contributed by atoms with Crippen molar-refractivity contribution in [1.82, 2.24) is 28.6 Å². The van der Waals surface area contributed by atoms with Crippen molar-refractivity contribution in [2.24, 2.45) is 9.44 Å². The zero-order valence-corrected chi connectivity index (χ0v) is 25.6. The van der Waals surface area contributed by atoms with E-state index in [4.69, 9.17) is 4.03 Å². The van der Waals surface area contributed by atoms with Gasteiger partial charge in [0.2, 0.25) is 5.91 Å². The fourth-order valence-electron chi connectivity index (χ4n) is 4.36. The summed E-state index contributed by atoms with van der Waals surface area (Å²) in [7, 11) is -4.72. The highest BCUT2D eigenvalue weighted by Crippen LogP contribution is 2.40. The topological polar surface area (TPSA) is 122 Å². The Morgan fingerprint density at radius 2 is 1.87 bits per heavy atom. The lowest BCUT2D eigenvalue weighted by Crippen LogP contribution is -2.64. The van der Waals surface area contributed by atoms with Crippen LogP contribution in [-0.2, 0) is 15.5 Å². The Balaban J connectivity index is 1.67. The highest BCUT2D eigenvalue weighted by Gasteiger charge is 2.49. The van der Waals surface area contributed by atoms with Crippen molar-refractivity contribution in [3.63, 3.8) is 0 Å². The average molecular weight is 555 g/mol. The smallest absolute Gasteiger partial charge is 0.237 e. The first-order valence-corrected chi connectivity index (χ1v) is 17.5. The number of carbonyl (C=O) groups excluding carboxylic acids is 1. The van der Waals surface area contributed by atoms with Gasteiger partial charge in [-0.1, -0.05) is 41.5 Å². The molecule has 4 heterocycles. The van der Waals surface area contributed by atoms with Gasteiger partial charge in [0.25, 0.3) is 0 Å². The number of hydrogen-bond acceptors (Lipinski definition) is 7. The van der Waals surface area contributed by atoms with Gasteiger partial charge in [0, 0.05) is 48.1 Å². The molecular weight excluding hydrogens is 516 g/mol. The molecule has 3 aromatic rings. The van der Waals surface area contributed by atoms with E-state index in [2.05, 4.69) is 55.0 Å². The molecule has 12 heteroatoms. The molecule has 38 heavy (non-hydrogen) atoms. The van der Waals surface area contributed by atoms with Gasteiger partial charge in [0.1, 0.15) is 11.9 Å². The molecule has 10 nitrogen and oxygen atoms in total. The SMILES string of the molecule is CC(C)(C)C(=O)n1ccc2c(-c3cnn(C4(CC#N)CN(S(C)(=O)=N[Si](C)(C)C(C)(C)C)C4)c3)ncnc21. The maximum Gasteiger partial charge on any atom is 0.237 e. The third-order valence-electron chi connectivity index (χ3n) is 7.75. The number of aromatic nitrogens is 5. The van der Waals surface area contributed by atoms with E-state index in [-0.39, 0.29) is 17.4 Å². The Bertz CT molecular complexity index is 1550. The lowest BCUT2D eigenvalue weighted by Gasteiger charge is -2.49. The van der Waals surface area contributed by atoms with Crippen LogP contribution in [0.25, 0.3) is 22.3 Å². The highest BCUT2D eigenvalue weighted by molar-refractivity contribution is 7.91. The lowest BCUT2D eigenvalue weighted by molar-refractivity contribution is 0.0755. The van der Waals surface area contributed by atoms with Crippen LogP contribution in [0.15, 0.2) is 35.0 Å². The monoisotopic (exact) mass is 554 g/mol. The number of carbonyl (C=O) groups is 1. The van der Waals surface area contributed by atoms with Crippen molar-refractivity contribution in [2.75, 3.05) is 19.3 Å². The summed E-state index contributed by atoms with van der Waals surface area (Å²) in [5.74, 6) is -0.0540. The molecular formula is C26H38N8O2SSi. The molecule has 0 aromatic carbocycles. The number of rotatable bonds is 5. The van der Waals surface area contributed by atoms with E-state index in [1.807, 2.05) is 37.3 Å². The molecule has 1 fully saturated rings. The summed E-state index contributed by atoms with van der Waals surface area (Å²) >= 11 is 0. The third kappa shape index (κ3) is 4.83. The van der Waals surface area contributed by atoms with Crippen molar-refractivity contribution in [2.45, 2.75) is 71.6 Å². The molecule has 0 bridgehead atoms. The minimum Gasteiger partial charge on any atom is -0.273 e. The molecule has 0 spiro atoms. The summed E-state index contributed by atoms with van der Waals surface area (Å²) in [5.41, 5.74) is 0.808. The second kappa shape index (κ2) is 9.10. The quantitative estimate of drug-likeness (QED) is 0.413. The predicted octanol–water partition coefficient (Wildman–Crippen LogP) is 4.92. The zero-order chi connectivity index (χ0) is 28.3. The van der Waals surface area contributed by atoms with Crippen molar-refractivity contribution < 1.29 is 9.00 Å². The van der Waals surface area contributed by atoms with Crippen LogP contribution in [0.1, 0.15) is 52.8 Å². The van der Waals surface area contributed by atoms with Crippen LogP contribution in [0.2, 0.25) is 18.1 Å². The van der Waals surface area contributed by atoms with Gasteiger partial charge in [-0.05, 0) is 24.2 Å². The van der Waals surface area contributed by atoms with Gasteiger partial charge in [0.05, 0.1) is 34.3 Å². The molecule has 3 aromatic heterocycles. The Kier molecular flexibility index (Phi) is 6.74. The molecule has 0 aliphatic carbocycles. The number of nitriles is 1. The number of nitrogens with zero attached hydrogens (tertiary/aromatic N) is 8. The molecule has 1 aliphatic heterocycles. The van der Waals surface area contributed by atoms with E-state index < -0.39 is 29.1 Å². The van der Waals surface area contributed by atoms with E-state index in [0.29, 0.717) is 24.4 Å². The van der Waals surface area contributed by atoms with Gasteiger partial charge >= 0.3 is 0 Å². The highest BCUT2D eigenvalue weighted by atomic mass is 32.2. The van der Waals surface area contributed by atoms with Crippen LogP contribution in [-0.4, -0.2) is 66.3 Å². The fourth-order valence-corrected chi connectivity index (χ4v) is 10.3. The minimum absolute atomic E-state index is 0.0174. The minimum atomic E-state index is -2.59. The van der Waals surface area contributed by atoms with Crippen molar-refractivity contribution in [1.29, 1.82) is 5.26 Å². The van der Waals surface area contributed by atoms with Crippen LogP contribution in [0.4, 0.5) is 0 Å². The maximum absolute atomic E-state index is 13.7. The standard InChI is InChI=1S/C26H38N8O2SSi/c1-24(2,3)23(35)33-13-10-20-21(28-18-29-22(20)33)19-14-30-34(15-19)26(11-12-27)16-32(17-26)37(7,36)31-38(8,9)25(4,5)6/h10,13-15,18H,11,16-17H2,1-9H3. The first kappa shape index (κ1) is 28.1. The number of hydrogen-bond donors (Lipinski definition) is 0. The van der Waals surface area contributed by atoms with E-state index in [1.165, 1.54) is 6.33 Å². The van der Waals surface area contributed by atoms with Crippen LogP contribution in [0.5, 0.6) is 0 Å². The van der Waals surface area contributed by atoms with Gasteiger partial charge in [-0.25, -0.2) is 18.5 Å². The molecule has 204 valence electrons. The molecule has 1 unspecified atom stereocenters. The largest absolute Gasteiger partial charge is 0.273 e. The van der Waals surface area contributed by atoms with Gasteiger partial charge in [0.15, 0.2) is 13.9 Å². The van der Waals surface area contributed by atoms with Gasteiger partial charge in [-0.2, -0.15) is 10.4 Å². The summed E-state index contributed by atoms with van der Waals surface area (Å²) in [6.45, 7) is 17.2. The molecule has 0 radical (unpaired) electrons. The van der Waals surface area contributed by atoms with Crippen molar-refractivity contribution >= 4 is 35.1 Å². The van der Waals surface area contributed by atoms with Crippen molar-refractivity contribution in [3.05, 3.63) is 31.0 Å². The van der Waals surface area contributed by atoms with Crippen LogP contribution in [0, 0.1) is 16.7 Å². The molecule has 0 amide bonds. The fraction of sp³-hybridized carbons (Fsp3) is 0.577. The zero-order valence-electron chi connectivity index (χ0n) is 23.8. The van der Waals surface area contributed by atoms with Crippen LogP contribution in [0.3, 0.4) is 0 Å². The molecule has 1 atom stereocenters. The molecule has 1 saturated heterocycles. The normalized spacial score (nSPS) is 18.0. The maximum atomic E-state index is 13.7. The molecule has 0 N–H and O–H groups in total. The summed E-state index contributed by atoms with van der Waals surface area (Å²) in [6.07, 6.45) is 8.71. The first-order chi connectivity index (χ1) is 17.4. The Hall–Kier alpha value is -2.88. The number of fused-ring (bicyclic) bond motifs is 1. The van der Waals surface area contributed by atoms with E-state index >= 15 is 0 Å². The van der Waals surface area contributed by atoms with Crippen molar-refractivity contribution in [3.8, 4) is 17.3 Å². The van der Waals surface area contributed by atoms with E-state index in [1.54, 1.807) is 27.9 Å². The van der Waals surface area contributed by atoms with Gasteiger partial charge in [-0.15, -0.1) is 0 Å². The first-order valence-electron chi connectivity index (χ1n) is 12.7. The van der Waals surface area contributed by atoms with Crippen LogP contribution < -0.4 is 0 Å². The average Bonchev–Trinajstić information content (AvgIpc) is 3.40. The van der Waals surface area contributed by atoms with Gasteiger partial charge in [-0.3, -0.25) is 18.1 Å². The third-order valence-corrected chi connectivity index (χ3v) is 15.8. The Morgan fingerprint density at radius 3 is 2.45 bits per heavy atom. The Labute approximate surface area is 226 Å². The molecule has 4 rings (SSSR count). The van der Waals surface area contributed by atoms with Crippen LogP contribution >= 0.6 is 0 Å². The summed E-state index contributed by atoms with van der Waals surface area (Å²) in [5, 5.41) is 15.0. The van der Waals surface area contributed by atoms with Gasteiger partial charge < -0.3 is 0 Å². The summed E-state index contributed by atoms with van der Waals surface area (Å²) in [4.78, 5) is 21.8. The van der Waals surface area contributed by atoms with E-state index in [9.17, 15) is 14.3 Å². The molecule has 0 saturated carbocycles. The molecule has 1 aliphatic rings. The van der Waals surface area contributed by atoms with E-state index in [0.717, 1.165) is 10.9 Å². The second-order valence-corrected chi connectivity index (χ2v) is 20.3. The Morgan fingerprint density at radius 1 is 1.21 bits per heavy atom. The second-order valence-electron chi connectivity index (χ2n) is 12.9.